The quantitative estimate of drug-likeness (QED) is 0.671. The monoisotopic (exact) mass is 425 g/mol. The molecule has 7 heteroatoms. The maximum absolute atomic E-state index is 13.4. The first-order chi connectivity index (χ1) is 14.5. The van der Waals surface area contributed by atoms with Crippen molar-refractivity contribution in [3.8, 4) is 5.69 Å². The van der Waals surface area contributed by atoms with E-state index in [4.69, 9.17) is 5.11 Å². The summed E-state index contributed by atoms with van der Waals surface area (Å²) in [7, 11) is 0. The Morgan fingerprint density at radius 3 is 2.27 bits per heavy atom. The lowest BCUT2D eigenvalue weighted by atomic mass is 9.53. The lowest BCUT2D eigenvalue weighted by Crippen LogP contribution is -2.59. The van der Waals surface area contributed by atoms with Crippen LogP contribution in [0.4, 0.5) is 0 Å². The van der Waals surface area contributed by atoms with Crippen molar-refractivity contribution in [2.45, 2.75) is 56.0 Å². The maximum Gasteiger partial charge on any atom is 0.335 e. The van der Waals surface area contributed by atoms with Gasteiger partial charge in [-0.25, -0.2) is 9.48 Å². The molecule has 4 aliphatic rings. The Hall–Kier alpha value is -2.28. The van der Waals surface area contributed by atoms with Gasteiger partial charge in [0.25, 0.3) is 5.91 Å². The highest BCUT2D eigenvalue weighted by Crippen LogP contribution is 2.55. The maximum atomic E-state index is 13.4. The largest absolute Gasteiger partial charge is 0.478 e. The summed E-state index contributed by atoms with van der Waals surface area (Å²) in [4.78, 5) is 24.5. The van der Waals surface area contributed by atoms with E-state index < -0.39 is 5.97 Å². The number of carbonyl (C=O) groups excluding carboxylic acids is 1. The normalized spacial score (nSPS) is 29.2. The lowest BCUT2D eigenvalue weighted by molar-refractivity contribution is -0.0167. The van der Waals surface area contributed by atoms with Crippen LogP contribution in [-0.4, -0.2) is 38.1 Å². The summed E-state index contributed by atoms with van der Waals surface area (Å²) in [6.45, 7) is 2.05. The molecule has 6 rings (SSSR count). The topological polar surface area (TPSA) is 84.2 Å². The first kappa shape index (κ1) is 19.7. The number of carbonyl (C=O) groups is 2. The van der Waals surface area contributed by atoms with E-state index in [0.29, 0.717) is 5.56 Å². The molecule has 4 fully saturated rings. The Balaban J connectivity index is 1.42. The van der Waals surface area contributed by atoms with Crippen molar-refractivity contribution in [2.75, 3.05) is 5.75 Å². The summed E-state index contributed by atoms with van der Waals surface area (Å²) < 4.78 is 1.74. The number of carboxylic acids is 1. The highest BCUT2D eigenvalue weighted by Gasteiger charge is 2.51. The first-order valence-corrected chi connectivity index (χ1v) is 11.8. The zero-order valence-corrected chi connectivity index (χ0v) is 18.0. The highest BCUT2D eigenvalue weighted by atomic mass is 32.2. The third-order valence-electron chi connectivity index (χ3n) is 7.03. The summed E-state index contributed by atoms with van der Waals surface area (Å²) in [6, 6.07) is 6.59. The van der Waals surface area contributed by atoms with E-state index >= 15 is 0 Å². The smallest absolute Gasteiger partial charge is 0.335 e. The number of thioether (sulfide) groups is 1. The van der Waals surface area contributed by atoms with Gasteiger partial charge in [-0.3, -0.25) is 4.79 Å². The second kappa shape index (κ2) is 7.45. The summed E-state index contributed by atoms with van der Waals surface area (Å²) >= 11 is 1.58. The Morgan fingerprint density at radius 1 is 1.13 bits per heavy atom. The fourth-order valence-corrected chi connectivity index (χ4v) is 7.12. The number of aromatic nitrogens is 2. The lowest BCUT2D eigenvalue weighted by Gasteiger charge is -2.56. The molecule has 1 aromatic carbocycles. The van der Waals surface area contributed by atoms with Gasteiger partial charge in [0.2, 0.25) is 0 Å². The average molecular weight is 426 g/mol. The summed E-state index contributed by atoms with van der Waals surface area (Å²) in [5, 5.41) is 17.9. The van der Waals surface area contributed by atoms with Crippen LogP contribution in [0.25, 0.3) is 5.69 Å². The van der Waals surface area contributed by atoms with Crippen molar-refractivity contribution < 1.29 is 14.7 Å². The van der Waals surface area contributed by atoms with Crippen LogP contribution in [0.15, 0.2) is 35.5 Å². The molecule has 4 saturated carbocycles. The van der Waals surface area contributed by atoms with Gasteiger partial charge in [-0.2, -0.15) is 5.10 Å². The van der Waals surface area contributed by atoms with E-state index in [9.17, 15) is 9.59 Å². The predicted molar refractivity (Wildman–Crippen MR) is 115 cm³/mol. The molecule has 0 spiro atoms. The summed E-state index contributed by atoms with van der Waals surface area (Å²) in [6.07, 6.45) is 9.03. The first-order valence-electron chi connectivity index (χ1n) is 10.8. The zero-order valence-electron chi connectivity index (χ0n) is 17.1. The van der Waals surface area contributed by atoms with Crippen LogP contribution < -0.4 is 5.32 Å². The van der Waals surface area contributed by atoms with E-state index in [-0.39, 0.29) is 17.0 Å². The highest BCUT2D eigenvalue weighted by molar-refractivity contribution is 7.99. The van der Waals surface area contributed by atoms with Crippen LogP contribution in [0.3, 0.4) is 0 Å². The Labute approximate surface area is 180 Å². The number of aromatic carboxylic acids is 1. The molecule has 2 N–H and O–H groups in total. The van der Waals surface area contributed by atoms with Crippen LogP contribution in [0, 0.1) is 17.8 Å². The van der Waals surface area contributed by atoms with Gasteiger partial charge in [-0.05, 0) is 86.3 Å². The van der Waals surface area contributed by atoms with Gasteiger partial charge < -0.3 is 10.4 Å². The van der Waals surface area contributed by atoms with Crippen LogP contribution in [-0.2, 0) is 0 Å². The second-order valence-electron chi connectivity index (χ2n) is 9.21. The molecule has 30 heavy (non-hydrogen) atoms. The SMILES string of the molecule is CCSc1c(C(=O)NC23CC4CC(CC(C4)C2)C3)cnn1-c1ccc(C(=O)O)cc1. The minimum absolute atomic E-state index is 0.0266. The number of amides is 1. The molecule has 0 aliphatic heterocycles. The van der Waals surface area contributed by atoms with Crippen molar-refractivity contribution >= 4 is 23.6 Å². The molecule has 1 aromatic heterocycles. The number of hydrogen-bond acceptors (Lipinski definition) is 4. The van der Waals surface area contributed by atoms with E-state index in [0.717, 1.165) is 53.5 Å². The third-order valence-corrected chi connectivity index (χ3v) is 7.98. The average Bonchev–Trinajstić information content (AvgIpc) is 3.11. The van der Waals surface area contributed by atoms with Gasteiger partial charge in [-0.15, -0.1) is 11.8 Å². The number of benzene rings is 1. The Kier molecular flexibility index (Phi) is 4.88. The molecule has 158 valence electrons. The fraction of sp³-hybridized carbons (Fsp3) is 0.522. The van der Waals surface area contributed by atoms with Crippen molar-refractivity contribution in [1.29, 1.82) is 0 Å². The zero-order chi connectivity index (χ0) is 20.9. The molecule has 4 aliphatic carbocycles. The molecular weight excluding hydrogens is 398 g/mol. The second-order valence-corrected chi connectivity index (χ2v) is 10.5. The molecule has 0 saturated heterocycles. The van der Waals surface area contributed by atoms with E-state index in [2.05, 4.69) is 17.3 Å². The summed E-state index contributed by atoms with van der Waals surface area (Å²) in [5.41, 5.74) is 1.56. The number of hydrogen-bond donors (Lipinski definition) is 2. The van der Waals surface area contributed by atoms with Crippen LogP contribution in [0.2, 0.25) is 0 Å². The molecule has 6 nitrogen and oxygen atoms in total. The van der Waals surface area contributed by atoms with E-state index in [1.807, 2.05) is 0 Å². The predicted octanol–water partition coefficient (Wildman–Crippen LogP) is 4.38. The standard InChI is InChI=1S/C23H27N3O3S/c1-2-30-21-19(13-24-26(21)18-5-3-17(4-6-18)22(28)29)20(27)25-23-10-14-7-15(11-23)9-16(8-14)12-23/h3-6,13-16H,2,7-12H2,1H3,(H,25,27)(H,28,29). The molecule has 0 unspecified atom stereocenters. The molecular formula is C23H27N3O3S. The van der Waals surface area contributed by atoms with Gasteiger partial charge in [0, 0.05) is 5.54 Å². The van der Waals surface area contributed by atoms with Crippen molar-refractivity contribution in [2.24, 2.45) is 17.8 Å². The van der Waals surface area contributed by atoms with Crippen LogP contribution >= 0.6 is 11.8 Å². The van der Waals surface area contributed by atoms with Gasteiger partial charge in [0.15, 0.2) is 0 Å². The van der Waals surface area contributed by atoms with Gasteiger partial charge in [-0.1, -0.05) is 6.92 Å². The number of carboxylic acid groups (broad SMARTS) is 1. The van der Waals surface area contributed by atoms with Crippen LogP contribution in [0.5, 0.6) is 0 Å². The van der Waals surface area contributed by atoms with Gasteiger partial charge in [0.05, 0.1) is 23.0 Å². The molecule has 1 heterocycles. The van der Waals surface area contributed by atoms with Gasteiger partial charge in [0.1, 0.15) is 5.03 Å². The summed E-state index contributed by atoms with van der Waals surface area (Å²) in [5.74, 6) is 2.16. The van der Waals surface area contributed by atoms with Crippen molar-refractivity contribution in [3.63, 3.8) is 0 Å². The van der Waals surface area contributed by atoms with Gasteiger partial charge >= 0.3 is 5.97 Å². The molecule has 2 aromatic rings. The third kappa shape index (κ3) is 3.43. The molecule has 0 radical (unpaired) electrons. The number of nitrogens with one attached hydrogen (secondary N) is 1. The fourth-order valence-electron chi connectivity index (χ4n) is 6.27. The minimum atomic E-state index is -0.958. The molecule has 4 bridgehead atoms. The molecule has 0 atom stereocenters. The van der Waals surface area contributed by atoms with Crippen molar-refractivity contribution in [1.82, 2.24) is 15.1 Å². The molecule has 1 amide bonds. The van der Waals surface area contributed by atoms with E-state index in [1.165, 1.54) is 19.3 Å². The number of rotatable bonds is 6. The number of nitrogens with zero attached hydrogens (tertiary/aromatic N) is 2. The van der Waals surface area contributed by atoms with Crippen molar-refractivity contribution in [3.05, 3.63) is 41.6 Å². The minimum Gasteiger partial charge on any atom is -0.478 e. The van der Waals surface area contributed by atoms with Crippen LogP contribution in [0.1, 0.15) is 66.2 Å². The Bertz CT molecular complexity index is 947. The Morgan fingerprint density at radius 2 is 1.73 bits per heavy atom. The van der Waals surface area contributed by atoms with E-state index in [1.54, 1.807) is 46.9 Å².